The fraction of sp³-hybridized carbons (Fsp3) is 0.676. The van der Waals surface area contributed by atoms with Gasteiger partial charge in [0.05, 0.1) is 6.61 Å². The van der Waals surface area contributed by atoms with Crippen LogP contribution in [0, 0.1) is 5.92 Å². The van der Waals surface area contributed by atoms with E-state index in [0.717, 1.165) is 75.3 Å². The largest absolute Gasteiger partial charge is 0.507 e. The van der Waals surface area contributed by atoms with Crippen LogP contribution in [-0.2, 0) is 24.8 Å². The topological polar surface area (TPSA) is 102 Å². The Hall–Kier alpha value is -1.92. The van der Waals surface area contributed by atoms with Crippen molar-refractivity contribution >= 4 is 13.8 Å². The third-order valence-electron chi connectivity index (χ3n) is 8.74. The van der Waals surface area contributed by atoms with Gasteiger partial charge >= 0.3 is 13.8 Å². The Balaban J connectivity index is 1.96. The standard InChI is InChI=1S/C34H53O7P/c1-6-8-10-15-21-39-42(37,38)41-34(19-13-11-14-20-34)33(36)40-31-24-27(16-12-9-7-2)23-30(35)32(31)29-22-26(5)17-18-28(29)25(3)4/h22-24,28-29,35H,3,6-21H2,1-2,4-5H3,(H,37,38)/t28-,29+/m0/s1. The Morgan fingerprint density at radius 1 is 1.07 bits per heavy atom. The molecule has 2 N–H and O–H groups in total. The van der Waals surface area contributed by atoms with Crippen LogP contribution >= 0.6 is 7.82 Å². The fourth-order valence-corrected chi connectivity index (χ4v) is 7.43. The zero-order valence-electron chi connectivity index (χ0n) is 26.3. The van der Waals surface area contributed by atoms with Crippen LogP contribution in [0.3, 0.4) is 0 Å². The molecule has 0 bridgehead atoms. The number of phenolic OH excluding ortho intramolecular Hbond substituents is 1. The summed E-state index contributed by atoms with van der Waals surface area (Å²) in [7, 11) is -4.51. The fourth-order valence-electron chi connectivity index (χ4n) is 6.32. The quantitative estimate of drug-likeness (QED) is 0.0637. The highest BCUT2D eigenvalue weighted by molar-refractivity contribution is 7.47. The molecule has 0 heterocycles. The van der Waals surface area contributed by atoms with Gasteiger partial charge in [-0.2, -0.15) is 0 Å². The molecule has 7 nitrogen and oxygen atoms in total. The Bertz CT molecular complexity index is 1130. The van der Waals surface area contributed by atoms with Gasteiger partial charge in [-0.3, -0.25) is 9.05 Å². The van der Waals surface area contributed by atoms with E-state index in [1.54, 1.807) is 6.07 Å². The maximum Gasteiger partial charge on any atom is 0.473 e. The molecule has 0 amide bonds. The minimum absolute atomic E-state index is 0.0849. The van der Waals surface area contributed by atoms with Crippen molar-refractivity contribution in [2.75, 3.05) is 6.61 Å². The molecule has 0 saturated heterocycles. The predicted octanol–water partition coefficient (Wildman–Crippen LogP) is 9.46. The zero-order chi connectivity index (χ0) is 30.8. The SMILES string of the molecule is C=C(C)[C@@H]1CCC(C)=C[C@H]1c1c(O)cc(CCCCC)cc1OC(=O)C1(OP(=O)(O)OCCCCCC)CCCCC1. The average Bonchev–Trinajstić information content (AvgIpc) is 2.93. The molecular formula is C34H53O7P. The second-order valence-electron chi connectivity index (χ2n) is 12.4. The number of carbonyl (C=O) groups is 1. The number of carbonyl (C=O) groups excluding carboxylic acids is 1. The summed E-state index contributed by atoms with van der Waals surface area (Å²) < 4.78 is 30.2. The zero-order valence-corrected chi connectivity index (χ0v) is 27.2. The van der Waals surface area contributed by atoms with Crippen LogP contribution in [0.1, 0.15) is 135 Å². The molecule has 1 unspecified atom stereocenters. The Kier molecular flexibility index (Phi) is 13.4. The number of unbranched alkanes of at least 4 members (excludes halogenated alkanes) is 5. The molecule has 0 aliphatic heterocycles. The molecule has 1 aromatic rings. The van der Waals surface area contributed by atoms with Crippen molar-refractivity contribution in [2.24, 2.45) is 5.92 Å². The van der Waals surface area contributed by atoms with E-state index < -0.39 is 19.4 Å². The highest BCUT2D eigenvalue weighted by atomic mass is 31.2. The number of benzene rings is 1. The minimum Gasteiger partial charge on any atom is -0.507 e. The molecule has 42 heavy (non-hydrogen) atoms. The number of ether oxygens (including phenoxy) is 1. The third kappa shape index (κ3) is 9.54. The summed E-state index contributed by atoms with van der Waals surface area (Å²) in [5, 5.41) is 11.4. The molecule has 0 spiro atoms. The Labute approximate surface area is 253 Å². The lowest BCUT2D eigenvalue weighted by molar-refractivity contribution is -0.157. The number of hydrogen-bond donors (Lipinski definition) is 2. The number of phosphoric acid groups is 1. The van der Waals surface area contributed by atoms with Crippen molar-refractivity contribution in [3.63, 3.8) is 0 Å². The van der Waals surface area contributed by atoms with E-state index in [0.29, 0.717) is 24.8 Å². The number of rotatable bonds is 16. The minimum atomic E-state index is -4.51. The number of aryl methyl sites for hydroxylation is 1. The van der Waals surface area contributed by atoms with Gasteiger partial charge in [-0.15, -0.1) is 0 Å². The molecule has 8 heteroatoms. The molecule has 2 aliphatic rings. The molecule has 3 rings (SSSR count). The molecule has 0 aromatic heterocycles. The maximum atomic E-state index is 14.0. The first-order valence-corrected chi connectivity index (χ1v) is 17.6. The van der Waals surface area contributed by atoms with E-state index in [4.69, 9.17) is 13.8 Å². The van der Waals surface area contributed by atoms with Gasteiger partial charge in [0.2, 0.25) is 0 Å². The second kappa shape index (κ2) is 16.2. The van der Waals surface area contributed by atoms with Crippen LogP contribution in [0.5, 0.6) is 11.5 Å². The number of phosphoric ester groups is 1. The van der Waals surface area contributed by atoms with E-state index >= 15 is 0 Å². The van der Waals surface area contributed by atoms with Crippen molar-refractivity contribution in [1.82, 2.24) is 0 Å². The number of aromatic hydroxyl groups is 1. The summed E-state index contributed by atoms with van der Waals surface area (Å²) in [4.78, 5) is 24.7. The predicted molar refractivity (Wildman–Crippen MR) is 168 cm³/mol. The van der Waals surface area contributed by atoms with Gasteiger partial charge in [-0.1, -0.05) is 76.2 Å². The molecule has 3 atom stereocenters. The summed E-state index contributed by atoms with van der Waals surface area (Å²) in [5.74, 6) is -0.448. The van der Waals surface area contributed by atoms with Crippen LogP contribution < -0.4 is 4.74 Å². The summed E-state index contributed by atoms with van der Waals surface area (Å²) >= 11 is 0. The first kappa shape index (κ1) is 34.6. The van der Waals surface area contributed by atoms with Crippen LogP contribution in [0.25, 0.3) is 0 Å². The smallest absolute Gasteiger partial charge is 0.473 e. The molecule has 2 aliphatic carbocycles. The van der Waals surface area contributed by atoms with E-state index in [-0.39, 0.29) is 42.8 Å². The molecule has 0 radical (unpaired) electrons. The summed E-state index contributed by atoms with van der Waals surface area (Å²) in [6, 6.07) is 3.64. The molecular weight excluding hydrogens is 551 g/mol. The highest BCUT2D eigenvalue weighted by Crippen LogP contribution is 2.52. The monoisotopic (exact) mass is 604 g/mol. The highest BCUT2D eigenvalue weighted by Gasteiger charge is 2.48. The van der Waals surface area contributed by atoms with Crippen LogP contribution in [0.2, 0.25) is 0 Å². The lowest BCUT2D eigenvalue weighted by Gasteiger charge is -2.36. The van der Waals surface area contributed by atoms with Gasteiger partial charge in [0.15, 0.2) is 5.60 Å². The Morgan fingerprint density at radius 3 is 2.43 bits per heavy atom. The third-order valence-corrected chi connectivity index (χ3v) is 9.83. The van der Waals surface area contributed by atoms with E-state index in [1.165, 1.54) is 5.57 Å². The van der Waals surface area contributed by atoms with Crippen molar-refractivity contribution in [3.8, 4) is 11.5 Å². The van der Waals surface area contributed by atoms with Crippen molar-refractivity contribution in [3.05, 3.63) is 47.1 Å². The van der Waals surface area contributed by atoms with Crippen molar-refractivity contribution in [2.45, 2.75) is 136 Å². The summed E-state index contributed by atoms with van der Waals surface area (Å²) in [6.45, 7) is 12.6. The summed E-state index contributed by atoms with van der Waals surface area (Å²) in [6.07, 6.45) is 14.2. The summed E-state index contributed by atoms with van der Waals surface area (Å²) in [5.41, 5.74) is 2.07. The molecule has 236 valence electrons. The maximum absolute atomic E-state index is 14.0. The van der Waals surface area contributed by atoms with E-state index in [9.17, 15) is 19.4 Å². The van der Waals surface area contributed by atoms with Gasteiger partial charge in [0, 0.05) is 11.5 Å². The van der Waals surface area contributed by atoms with Crippen LogP contribution in [0.4, 0.5) is 0 Å². The average molecular weight is 605 g/mol. The van der Waals surface area contributed by atoms with Gasteiger partial charge in [0.25, 0.3) is 0 Å². The molecule has 1 fully saturated rings. The van der Waals surface area contributed by atoms with Gasteiger partial charge < -0.3 is 14.7 Å². The lowest BCUT2D eigenvalue weighted by Crippen LogP contribution is -2.45. The normalized spacial score (nSPS) is 21.8. The van der Waals surface area contributed by atoms with Gasteiger partial charge in [-0.25, -0.2) is 9.36 Å². The lowest BCUT2D eigenvalue weighted by atomic mass is 9.73. The van der Waals surface area contributed by atoms with Gasteiger partial charge in [0.1, 0.15) is 11.5 Å². The van der Waals surface area contributed by atoms with Crippen molar-refractivity contribution < 1.29 is 33.1 Å². The Morgan fingerprint density at radius 2 is 1.76 bits per heavy atom. The van der Waals surface area contributed by atoms with E-state index in [1.807, 2.05) is 13.0 Å². The van der Waals surface area contributed by atoms with Crippen LogP contribution in [-0.4, -0.2) is 28.2 Å². The number of phenols is 1. The van der Waals surface area contributed by atoms with Crippen molar-refractivity contribution in [1.29, 1.82) is 0 Å². The number of allylic oxidation sites excluding steroid dienone is 3. The number of hydrogen-bond acceptors (Lipinski definition) is 6. The second-order valence-corrected chi connectivity index (χ2v) is 13.8. The first-order chi connectivity index (χ1) is 20.0. The molecule has 1 aromatic carbocycles. The van der Waals surface area contributed by atoms with Crippen LogP contribution in [0.15, 0.2) is 35.9 Å². The first-order valence-electron chi connectivity index (χ1n) is 16.1. The number of esters is 1. The van der Waals surface area contributed by atoms with E-state index in [2.05, 4.69) is 33.4 Å². The van der Waals surface area contributed by atoms with Gasteiger partial charge in [-0.05, 0) is 95.2 Å². The molecule has 1 saturated carbocycles.